The fourth-order valence-corrected chi connectivity index (χ4v) is 3.76. The number of nitrogens with zero attached hydrogens (tertiary/aromatic N) is 1. The molecule has 0 spiro atoms. The van der Waals surface area contributed by atoms with Crippen LogP contribution in [0.5, 0.6) is 0 Å². The smallest absolute Gasteiger partial charge is 0.416 e. The fourth-order valence-electron chi connectivity index (χ4n) is 3.02. The molecule has 0 aliphatic carbocycles. The number of hydrogen-bond donors (Lipinski definition) is 1. The van der Waals surface area contributed by atoms with Crippen molar-refractivity contribution in [3.63, 3.8) is 0 Å². The van der Waals surface area contributed by atoms with Gasteiger partial charge in [-0.05, 0) is 61.4 Å². The molecule has 142 valence electrons. The van der Waals surface area contributed by atoms with Gasteiger partial charge in [-0.25, -0.2) is 9.69 Å². The van der Waals surface area contributed by atoms with E-state index in [1.165, 1.54) is 6.07 Å². The van der Waals surface area contributed by atoms with Crippen LogP contribution in [-0.4, -0.2) is 17.0 Å². The maximum Gasteiger partial charge on any atom is 0.416 e. The summed E-state index contributed by atoms with van der Waals surface area (Å²) in [6.45, 7) is 3.69. The number of amides is 1. The van der Waals surface area contributed by atoms with Gasteiger partial charge < -0.3 is 5.11 Å². The van der Waals surface area contributed by atoms with Crippen LogP contribution in [0.2, 0.25) is 5.02 Å². The molecule has 28 heavy (non-hydrogen) atoms. The van der Waals surface area contributed by atoms with Crippen LogP contribution in [0.15, 0.2) is 65.1 Å². The van der Waals surface area contributed by atoms with Gasteiger partial charge in [0.05, 0.1) is 16.4 Å². The van der Waals surface area contributed by atoms with Crippen LogP contribution in [0, 0.1) is 13.8 Å². The molecule has 1 N–H and O–H groups in total. The second kappa shape index (κ2) is 8.17. The third-order valence-electron chi connectivity index (χ3n) is 4.44. The number of carbonyl (C=O) groups is 2. The molecule has 3 aromatic rings. The van der Waals surface area contributed by atoms with Crippen LogP contribution in [0.1, 0.15) is 27.0 Å². The molecule has 0 heterocycles. The highest BCUT2D eigenvalue weighted by atomic mass is 79.9. The van der Waals surface area contributed by atoms with Crippen molar-refractivity contribution in [1.29, 1.82) is 0 Å². The lowest BCUT2D eigenvalue weighted by Crippen LogP contribution is -2.24. The number of carboxylic acid groups (broad SMARTS) is 1. The van der Waals surface area contributed by atoms with Crippen molar-refractivity contribution in [3.8, 4) is 0 Å². The predicted molar refractivity (Wildman–Crippen MR) is 115 cm³/mol. The average Bonchev–Trinajstić information content (AvgIpc) is 2.63. The maximum atomic E-state index is 12.8. The Morgan fingerprint density at radius 3 is 2.25 bits per heavy atom. The number of benzene rings is 3. The van der Waals surface area contributed by atoms with Crippen molar-refractivity contribution in [2.24, 2.45) is 0 Å². The number of hydrogen-bond acceptors (Lipinski definition) is 2. The first-order valence-electron chi connectivity index (χ1n) is 8.48. The summed E-state index contributed by atoms with van der Waals surface area (Å²) in [6, 6.07) is 17.3. The number of rotatable bonds is 4. The highest BCUT2D eigenvalue weighted by Crippen LogP contribution is 2.33. The lowest BCUT2D eigenvalue weighted by Gasteiger charge is -2.22. The second-order valence-electron chi connectivity index (χ2n) is 6.36. The van der Waals surface area contributed by atoms with E-state index in [0.717, 1.165) is 20.5 Å². The van der Waals surface area contributed by atoms with E-state index in [9.17, 15) is 14.7 Å². The fraction of sp³-hybridized carbons (Fsp3) is 0.0909. The van der Waals surface area contributed by atoms with E-state index in [2.05, 4.69) is 15.9 Å². The third kappa shape index (κ3) is 3.96. The number of halogens is 2. The van der Waals surface area contributed by atoms with Gasteiger partial charge in [0.15, 0.2) is 5.78 Å². The Hall–Kier alpha value is -2.63. The zero-order valence-electron chi connectivity index (χ0n) is 15.2. The standard InChI is InChI=1S/C22H17BrClNO3/c1-13-5-3-4-6-17(13)21(26)18-9-8-16(12-19(18)24)25(22(27)28)20-10-7-15(23)11-14(20)2/h3-12H,1-2H3,(H,27,28). The van der Waals surface area contributed by atoms with Gasteiger partial charge in [-0.15, -0.1) is 0 Å². The van der Waals surface area contributed by atoms with Crippen molar-refractivity contribution in [2.75, 3.05) is 4.90 Å². The van der Waals surface area contributed by atoms with Gasteiger partial charge in [-0.3, -0.25) is 4.79 Å². The molecule has 0 aliphatic rings. The molecule has 0 bridgehead atoms. The van der Waals surface area contributed by atoms with Gasteiger partial charge >= 0.3 is 6.09 Å². The van der Waals surface area contributed by atoms with E-state index in [-0.39, 0.29) is 10.8 Å². The Kier molecular flexibility index (Phi) is 5.87. The highest BCUT2D eigenvalue weighted by molar-refractivity contribution is 9.10. The van der Waals surface area contributed by atoms with E-state index < -0.39 is 6.09 Å². The Morgan fingerprint density at radius 2 is 1.64 bits per heavy atom. The summed E-state index contributed by atoms with van der Waals surface area (Å²) < 4.78 is 0.858. The predicted octanol–water partition coefficient (Wildman–Crippen LogP) is 6.77. The van der Waals surface area contributed by atoms with Crippen LogP contribution in [0.4, 0.5) is 16.2 Å². The molecular formula is C22H17BrClNO3. The first-order chi connectivity index (χ1) is 13.3. The summed E-state index contributed by atoms with van der Waals surface area (Å²) in [5.74, 6) is -0.198. The van der Waals surface area contributed by atoms with Crippen molar-refractivity contribution in [3.05, 3.63) is 92.4 Å². The van der Waals surface area contributed by atoms with Crippen molar-refractivity contribution in [1.82, 2.24) is 0 Å². The SMILES string of the molecule is Cc1ccccc1C(=O)c1ccc(N(C(=O)O)c2ccc(Br)cc2C)cc1Cl. The van der Waals surface area contributed by atoms with Crippen LogP contribution in [-0.2, 0) is 0 Å². The summed E-state index contributed by atoms with van der Waals surface area (Å²) in [4.78, 5) is 25.9. The molecule has 6 heteroatoms. The minimum Gasteiger partial charge on any atom is -0.464 e. The number of ketones is 1. The Balaban J connectivity index is 2.04. The van der Waals surface area contributed by atoms with E-state index in [4.69, 9.17) is 11.6 Å². The molecule has 0 aliphatic heterocycles. The van der Waals surface area contributed by atoms with Gasteiger partial charge in [0, 0.05) is 15.6 Å². The molecule has 0 saturated carbocycles. The normalized spacial score (nSPS) is 10.6. The third-order valence-corrected chi connectivity index (χ3v) is 5.24. The lowest BCUT2D eigenvalue weighted by atomic mass is 9.99. The van der Waals surface area contributed by atoms with Crippen LogP contribution in [0.3, 0.4) is 0 Å². The van der Waals surface area contributed by atoms with Gasteiger partial charge in [-0.2, -0.15) is 0 Å². The van der Waals surface area contributed by atoms with Gasteiger partial charge in [0.25, 0.3) is 0 Å². The second-order valence-corrected chi connectivity index (χ2v) is 7.68. The molecular weight excluding hydrogens is 442 g/mol. The van der Waals surface area contributed by atoms with Crippen LogP contribution < -0.4 is 4.90 Å². The molecule has 0 fully saturated rings. The van der Waals surface area contributed by atoms with E-state index >= 15 is 0 Å². The molecule has 0 atom stereocenters. The summed E-state index contributed by atoms with van der Waals surface area (Å²) in [6.07, 6.45) is -1.14. The summed E-state index contributed by atoms with van der Waals surface area (Å²) in [5, 5.41) is 9.96. The largest absolute Gasteiger partial charge is 0.464 e. The summed E-state index contributed by atoms with van der Waals surface area (Å²) in [5.41, 5.74) is 3.42. The molecule has 1 amide bonds. The van der Waals surface area contributed by atoms with Crippen molar-refractivity contribution >= 4 is 50.8 Å². The minimum atomic E-state index is -1.14. The molecule has 0 radical (unpaired) electrons. The first kappa shape index (κ1) is 20.1. The van der Waals surface area contributed by atoms with E-state index in [1.807, 2.05) is 32.0 Å². The average molecular weight is 459 g/mol. The zero-order chi connectivity index (χ0) is 20.4. The number of carbonyl (C=O) groups excluding carboxylic acids is 1. The first-order valence-corrected chi connectivity index (χ1v) is 9.66. The highest BCUT2D eigenvalue weighted by Gasteiger charge is 2.22. The van der Waals surface area contributed by atoms with E-state index in [1.54, 1.807) is 36.4 Å². The Bertz CT molecular complexity index is 1080. The van der Waals surface area contributed by atoms with Gasteiger partial charge in [-0.1, -0.05) is 51.8 Å². The number of anilines is 2. The molecule has 0 unspecified atom stereocenters. The molecule has 4 nitrogen and oxygen atoms in total. The van der Waals surface area contributed by atoms with Crippen molar-refractivity contribution in [2.45, 2.75) is 13.8 Å². The van der Waals surface area contributed by atoms with Crippen LogP contribution >= 0.6 is 27.5 Å². The quantitative estimate of drug-likeness (QED) is 0.439. The summed E-state index contributed by atoms with van der Waals surface area (Å²) >= 11 is 9.76. The Morgan fingerprint density at radius 1 is 0.929 bits per heavy atom. The Labute approximate surface area is 176 Å². The van der Waals surface area contributed by atoms with Crippen molar-refractivity contribution < 1.29 is 14.7 Å². The summed E-state index contributed by atoms with van der Waals surface area (Å²) in [7, 11) is 0. The van der Waals surface area contributed by atoms with Gasteiger partial charge in [0.2, 0.25) is 0 Å². The monoisotopic (exact) mass is 457 g/mol. The van der Waals surface area contributed by atoms with E-state index in [0.29, 0.717) is 22.5 Å². The number of aryl methyl sites for hydroxylation is 2. The maximum absolute atomic E-state index is 12.8. The minimum absolute atomic E-state index is 0.198. The molecule has 3 aromatic carbocycles. The van der Waals surface area contributed by atoms with Crippen LogP contribution in [0.25, 0.3) is 0 Å². The van der Waals surface area contributed by atoms with Gasteiger partial charge in [0.1, 0.15) is 0 Å². The molecule has 0 aromatic heterocycles. The lowest BCUT2D eigenvalue weighted by molar-refractivity contribution is 0.103. The topological polar surface area (TPSA) is 57.6 Å². The zero-order valence-corrected chi connectivity index (χ0v) is 17.6. The molecule has 0 saturated heterocycles. The molecule has 3 rings (SSSR count).